The molecule has 0 amide bonds. The maximum Gasteiger partial charge on any atom is 0.323 e. The first-order chi connectivity index (χ1) is 12.3. The van der Waals surface area contributed by atoms with Crippen molar-refractivity contribution in [3.63, 3.8) is 0 Å². The molecule has 0 saturated heterocycles. The Morgan fingerprint density at radius 1 is 1.35 bits per heavy atom. The molecule has 0 bridgehead atoms. The third-order valence-electron chi connectivity index (χ3n) is 4.32. The van der Waals surface area contributed by atoms with E-state index in [0.29, 0.717) is 11.6 Å². The molecule has 0 aliphatic carbocycles. The Balaban J connectivity index is 1.81. The summed E-state index contributed by atoms with van der Waals surface area (Å²) in [5.41, 5.74) is 0.188. The number of hydrogen-bond donors (Lipinski definition) is 1. The number of aliphatic carboxylic acids is 1. The van der Waals surface area contributed by atoms with Gasteiger partial charge in [-0.1, -0.05) is 0 Å². The third-order valence-corrected chi connectivity index (χ3v) is 6.03. The summed E-state index contributed by atoms with van der Waals surface area (Å²) in [7, 11) is -4.28. The van der Waals surface area contributed by atoms with E-state index in [4.69, 9.17) is 4.42 Å². The van der Waals surface area contributed by atoms with Gasteiger partial charge in [0.05, 0.1) is 13.1 Å². The average Bonchev–Trinajstić information content (AvgIpc) is 3.17. The molecule has 1 atom stereocenters. The minimum Gasteiger partial charge on any atom is -0.480 e. The van der Waals surface area contributed by atoms with Crippen molar-refractivity contribution in [1.29, 1.82) is 0 Å². The summed E-state index contributed by atoms with van der Waals surface area (Å²) >= 11 is 0. The van der Waals surface area contributed by atoms with Crippen molar-refractivity contribution in [3.05, 3.63) is 41.7 Å². The molecular weight excluding hydrogens is 367 g/mol. The number of furan rings is 1. The summed E-state index contributed by atoms with van der Waals surface area (Å²) in [6, 6.07) is 3.44. The second-order valence-electron chi connectivity index (χ2n) is 5.93. The Kier molecular flexibility index (Phi) is 3.59. The molecule has 1 unspecified atom stereocenters. The molecule has 1 aliphatic rings. The Bertz CT molecular complexity index is 1140. The second-order valence-corrected chi connectivity index (χ2v) is 7.75. The molecule has 2 aromatic heterocycles. The summed E-state index contributed by atoms with van der Waals surface area (Å²) in [5.74, 6) is -0.991. The van der Waals surface area contributed by atoms with Gasteiger partial charge >= 0.3 is 5.97 Å². The highest BCUT2D eigenvalue weighted by Crippen LogP contribution is 2.30. The van der Waals surface area contributed by atoms with Crippen LogP contribution in [0, 0.1) is 12.7 Å². The lowest BCUT2D eigenvalue weighted by atomic mass is 10.2. The maximum atomic E-state index is 13.3. The van der Waals surface area contributed by atoms with Crippen LogP contribution in [0.1, 0.15) is 11.6 Å². The first kappa shape index (κ1) is 16.7. The lowest BCUT2D eigenvalue weighted by Crippen LogP contribution is -2.50. The fourth-order valence-electron chi connectivity index (χ4n) is 2.98. The topological polar surface area (TPSA) is 119 Å². The van der Waals surface area contributed by atoms with Crippen molar-refractivity contribution in [2.45, 2.75) is 31.1 Å². The van der Waals surface area contributed by atoms with Gasteiger partial charge in [0.1, 0.15) is 29.1 Å². The number of aromatic nitrogens is 3. The highest BCUT2D eigenvalue weighted by atomic mass is 32.2. The van der Waals surface area contributed by atoms with Gasteiger partial charge in [0, 0.05) is 11.5 Å². The van der Waals surface area contributed by atoms with Crippen molar-refractivity contribution in [2.24, 2.45) is 0 Å². The van der Waals surface area contributed by atoms with Crippen LogP contribution in [-0.2, 0) is 27.9 Å². The molecule has 136 valence electrons. The quantitative estimate of drug-likeness (QED) is 0.723. The number of nitrogens with zero attached hydrogens (tertiary/aromatic N) is 4. The smallest absolute Gasteiger partial charge is 0.323 e. The van der Waals surface area contributed by atoms with Gasteiger partial charge in [0.15, 0.2) is 0 Å². The lowest BCUT2D eigenvalue weighted by Gasteiger charge is -2.31. The van der Waals surface area contributed by atoms with Crippen LogP contribution < -0.4 is 0 Å². The monoisotopic (exact) mass is 380 g/mol. The van der Waals surface area contributed by atoms with Gasteiger partial charge in [-0.05, 0) is 25.1 Å². The number of carboxylic acid groups (broad SMARTS) is 1. The number of hydrogen-bond acceptors (Lipinski definition) is 6. The summed E-state index contributed by atoms with van der Waals surface area (Å²) in [5, 5.41) is 17.1. The fourth-order valence-corrected chi connectivity index (χ4v) is 4.46. The summed E-state index contributed by atoms with van der Waals surface area (Å²) in [6.07, 6.45) is 0. The summed E-state index contributed by atoms with van der Waals surface area (Å²) < 4.78 is 47.0. The number of carbonyl (C=O) groups is 1. The van der Waals surface area contributed by atoms with Gasteiger partial charge in [-0.2, -0.15) is 4.31 Å². The van der Waals surface area contributed by atoms with Crippen molar-refractivity contribution in [2.75, 3.05) is 0 Å². The zero-order chi connectivity index (χ0) is 18.6. The molecule has 0 spiro atoms. The van der Waals surface area contributed by atoms with Crippen LogP contribution >= 0.6 is 0 Å². The normalized spacial score (nSPS) is 18.2. The molecule has 1 N–H and O–H groups in total. The van der Waals surface area contributed by atoms with E-state index in [1.54, 1.807) is 11.5 Å². The molecular formula is C15H13FN4O5S. The molecule has 26 heavy (non-hydrogen) atoms. The van der Waals surface area contributed by atoms with Crippen LogP contribution in [0.2, 0.25) is 0 Å². The number of fused-ring (bicyclic) bond motifs is 2. The molecule has 4 rings (SSSR count). The number of carboxylic acids is 1. The zero-order valence-corrected chi connectivity index (χ0v) is 14.3. The maximum absolute atomic E-state index is 13.3. The number of benzene rings is 1. The van der Waals surface area contributed by atoms with Gasteiger partial charge in [0.2, 0.25) is 5.09 Å². The molecule has 1 aliphatic heterocycles. The predicted molar refractivity (Wildman–Crippen MR) is 85.1 cm³/mol. The predicted octanol–water partition coefficient (Wildman–Crippen LogP) is 1.13. The number of sulfonamides is 1. The van der Waals surface area contributed by atoms with E-state index in [1.165, 1.54) is 12.1 Å². The number of halogens is 1. The molecule has 3 aromatic rings. The van der Waals surface area contributed by atoms with Crippen LogP contribution in [0.25, 0.3) is 11.0 Å². The number of aryl methyl sites for hydroxylation is 1. The molecule has 0 fully saturated rings. The standard InChI is InChI=1S/C15H13FN4O5S/c1-8-17-18-13-7-20(11(15(21)22)6-19(8)13)26(23,24)14-5-9-4-10(16)2-3-12(9)25-14/h2-5,11H,6-7H2,1H3,(H,21,22). The Hall–Kier alpha value is -2.79. The second kappa shape index (κ2) is 5.61. The Morgan fingerprint density at radius 2 is 2.12 bits per heavy atom. The van der Waals surface area contributed by atoms with E-state index in [0.717, 1.165) is 16.4 Å². The van der Waals surface area contributed by atoms with Gasteiger partial charge in [-0.3, -0.25) is 4.79 Å². The highest BCUT2D eigenvalue weighted by Gasteiger charge is 2.42. The highest BCUT2D eigenvalue weighted by molar-refractivity contribution is 7.89. The van der Waals surface area contributed by atoms with Crippen LogP contribution in [0.4, 0.5) is 4.39 Å². The van der Waals surface area contributed by atoms with E-state index in [2.05, 4.69) is 10.2 Å². The van der Waals surface area contributed by atoms with Gasteiger partial charge < -0.3 is 14.1 Å². The first-order valence-electron chi connectivity index (χ1n) is 7.60. The number of rotatable bonds is 3. The minimum atomic E-state index is -4.28. The van der Waals surface area contributed by atoms with Crippen LogP contribution in [-0.4, -0.2) is 44.6 Å². The van der Waals surface area contributed by atoms with Crippen LogP contribution in [0.15, 0.2) is 33.8 Å². The molecule has 1 aromatic carbocycles. The molecule has 0 radical (unpaired) electrons. The van der Waals surface area contributed by atoms with Gasteiger partial charge in [-0.25, -0.2) is 12.8 Å². The minimum absolute atomic E-state index is 0.114. The SMILES string of the molecule is Cc1nnc2n1CC(C(=O)O)N(S(=O)(=O)c1cc3cc(F)ccc3o1)C2. The molecule has 3 heterocycles. The molecule has 11 heteroatoms. The van der Waals surface area contributed by atoms with Crippen molar-refractivity contribution in [3.8, 4) is 0 Å². The summed E-state index contributed by atoms with van der Waals surface area (Å²) in [6.45, 7) is 1.29. The fraction of sp³-hybridized carbons (Fsp3) is 0.267. The molecule has 9 nitrogen and oxygen atoms in total. The van der Waals surface area contributed by atoms with E-state index in [9.17, 15) is 22.7 Å². The Morgan fingerprint density at radius 3 is 2.85 bits per heavy atom. The average molecular weight is 380 g/mol. The Labute approximate surface area is 146 Å². The van der Waals surface area contributed by atoms with Crippen molar-refractivity contribution < 1.29 is 27.1 Å². The summed E-state index contributed by atoms with van der Waals surface area (Å²) in [4.78, 5) is 11.7. The van der Waals surface area contributed by atoms with Gasteiger partial charge in [-0.15, -0.1) is 10.2 Å². The van der Waals surface area contributed by atoms with E-state index in [-0.39, 0.29) is 24.1 Å². The van der Waals surface area contributed by atoms with E-state index in [1.807, 2.05) is 0 Å². The first-order valence-corrected chi connectivity index (χ1v) is 9.04. The van der Waals surface area contributed by atoms with Crippen LogP contribution in [0.5, 0.6) is 0 Å². The largest absolute Gasteiger partial charge is 0.480 e. The van der Waals surface area contributed by atoms with E-state index >= 15 is 0 Å². The third kappa shape index (κ3) is 2.47. The van der Waals surface area contributed by atoms with Gasteiger partial charge in [0.25, 0.3) is 10.0 Å². The molecule has 0 saturated carbocycles. The zero-order valence-electron chi connectivity index (χ0n) is 13.5. The van der Waals surface area contributed by atoms with Crippen molar-refractivity contribution >= 4 is 27.0 Å². The van der Waals surface area contributed by atoms with Crippen molar-refractivity contribution in [1.82, 2.24) is 19.1 Å². The van der Waals surface area contributed by atoms with E-state index < -0.39 is 32.9 Å². The lowest BCUT2D eigenvalue weighted by molar-refractivity contribution is -0.142. The van der Waals surface area contributed by atoms with Crippen LogP contribution in [0.3, 0.4) is 0 Å².